The lowest BCUT2D eigenvalue weighted by Gasteiger charge is -2.06. The monoisotopic (exact) mass is 192 g/mol. The minimum absolute atomic E-state index is 0.0802. The van der Waals surface area contributed by atoms with Crippen LogP contribution in [0.2, 0.25) is 0 Å². The van der Waals surface area contributed by atoms with Crippen molar-refractivity contribution in [3.8, 4) is 11.8 Å². The Balaban J connectivity index is 2.72. The second kappa shape index (κ2) is 5.10. The van der Waals surface area contributed by atoms with Gasteiger partial charge in [0.25, 0.3) is 0 Å². The summed E-state index contributed by atoms with van der Waals surface area (Å²) in [7, 11) is 0. The molecule has 1 aromatic rings. The average Bonchev–Trinajstić information content (AvgIpc) is 2.20. The van der Waals surface area contributed by atoms with Gasteiger partial charge in [-0.25, -0.2) is 0 Å². The summed E-state index contributed by atoms with van der Waals surface area (Å²) in [5, 5.41) is 17.3. The Morgan fingerprint density at radius 1 is 1.50 bits per heavy atom. The van der Waals surface area contributed by atoms with Crippen molar-refractivity contribution in [1.29, 1.82) is 5.26 Å². The number of hydrogen-bond acceptors (Lipinski definition) is 4. The second-order valence-electron chi connectivity index (χ2n) is 2.79. The highest BCUT2D eigenvalue weighted by molar-refractivity contribution is 5.53. The van der Waals surface area contributed by atoms with Crippen LogP contribution in [0.4, 0.5) is 5.69 Å². The molecule has 0 saturated heterocycles. The maximum Gasteiger partial charge on any atom is 0.137 e. The number of aliphatic hydroxyl groups excluding tert-OH is 1. The van der Waals surface area contributed by atoms with E-state index in [0.717, 1.165) is 0 Å². The third-order valence-corrected chi connectivity index (χ3v) is 1.68. The van der Waals surface area contributed by atoms with E-state index < -0.39 is 0 Å². The van der Waals surface area contributed by atoms with Crippen molar-refractivity contribution in [3.05, 3.63) is 23.8 Å². The molecule has 74 valence electrons. The molecule has 0 unspecified atom stereocenters. The fourth-order valence-corrected chi connectivity index (χ4v) is 1.01. The minimum atomic E-state index is 0.0802. The van der Waals surface area contributed by atoms with E-state index in [4.69, 9.17) is 20.8 Å². The lowest BCUT2D eigenvalue weighted by molar-refractivity contribution is 0.233. The minimum Gasteiger partial charge on any atom is -0.492 e. The molecule has 0 heterocycles. The Bertz CT molecular complexity index is 344. The SMILES string of the molecule is N#Cc1cc(N)ccc1OCCCO. The van der Waals surface area contributed by atoms with Crippen molar-refractivity contribution in [2.45, 2.75) is 6.42 Å². The zero-order chi connectivity index (χ0) is 10.4. The standard InChI is InChI=1S/C10H12N2O2/c11-7-8-6-9(12)2-3-10(8)14-5-1-4-13/h2-3,6,13H,1,4-5,12H2. The van der Waals surface area contributed by atoms with E-state index >= 15 is 0 Å². The van der Waals surface area contributed by atoms with Crippen LogP contribution in [0.5, 0.6) is 5.75 Å². The van der Waals surface area contributed by atoms with Crippen LogP contribution < -0.4 is 10.5 Å². The lowest BCUT2D eigenvalue weighted by atomic mass is 10.2. The van der Waals surface area contributed by atoms with Gasteiger partial charge in [-0.1, -0.05) is 0 Å². The fourth-order valence-electron chi connectivity index (χ4n) is 1.01. The average molecular weight is 192 g/mol. The molecule has 0 saturated carbocycles. The normalized spacial score (nSPS) is 9.43. The van der Waals surface area contributed by atoms with Crippen molar-refractivity contribution >= 4 is 5.69 Å². The molecule has 0 aromatic heterocycles. The topological polar surface area (TPSA) is 79.3 Å². The number of ether oxygens (including phenoxy) is 1. The number of benzene rings is 1. The van der Waals surface area contributed by atoms with Gasteiger partial charge in [0.05, 0.1) is 12.2 Å². The Morgan fingerprint density at radius 2 is 2.29 bits per heavy atom. The number of nitriles is 1. The molecule has 0 amide bonds. The summed E-state index contributed by atoms with van der Waals surface area (Å²) in [5.74, 6) is 0.509. The molecule has 0 atom stereocenters. The summed E-state index contributed by atoms with van der Waals surface area (Å²) in [6, 6.07) is 6.89. The van der Waals surface area contributed by atoms with Crippen molar-refractivity contribution < 1.29 is 9.84 Å². The summed E-state index contributed by atoms with van der Waals surface area (Å²) in [4.78, 5) is 0. The van der Waals surface area contributed by atoms with Crippen molar-refractivity contribution in [3.63, 3.8) is 0 Å². The number of anilines is 1. The van der Waals surface area contributed by atoms with Crippen LogP contribution in [0.25, 0.3) is 0 Å². The Hall–Kier alpha value is -1.73. The van der Waals surface area contributed by atoms with E-state index in [2.05, 4.69) is 0 Å². The molecule has 0 radical (unpaired) electrons. The summed E-state index contributed by atoms with van der Waals surface area (Å²) < 4.78 is 5.29. The molecule has 0 aliphatic heterocycles. The lowest BCUT2D eigenvalue weighted by Crippen LogP contribution is -2.01. The van der Waals surface area contributed by atoms with Crippen LogP contribution in [0.1, 0.15) is 12.0 Å². The van der Waals surface area contributed by atoms with E-state index in [0.29, 0.717) is 30.0 Å². The van der Waals surface area contributed by atoms with Gasteiger partial charge in [0.1, 0.15) is 11.8 Å². The van der Waals surface area contributed by atoms with E-state index in [-0.39, 0.29) is 6.61 Å². The molecular weight excluding hydrogens is 180 g/mol. The van der Waals surface area contributed by atoms with Gasteiger partial charge in [-0.15, -0.1) is 0 Å². The van der Waals surface area contributed by atoms with Gasteiger partial charge < -0.3 is 15.6 Å². The number of aliphatic hydroxyl groups is 1. The summed E-state index contributed by atoms with van der Waals surface area (Å²) >= 11 is 0. The number of nitrogen functional groups attached to an aromatic ring is 1. The van der Waals surface area contributed by atoms with Crippen LogP contribution in [-0.4, -0.2) is 18.3 Å². The van der Waals surface area contributed by atoms with Gasteiger partial charge in [-0.3, -0.25) is 0 Å². The van der Waals surface area contributed by atoms with Gasteiger partial charge >= 0.3 is 0 Å². The highest BCUT2D eigenvalue weighted by Gasteiger charge is 2.02. The van der Waals surface area contributed by atoms with Crippen molar-refractivity contribution in [2.75, 3.05) is 18.9 Å². The Morgan fingerprint density at radius 3 is 2.93 bits per heavy atom. The summed E-state index contributed by atoms with van der Waals surface area (Å²) in [6.45, 7) is 0.478. The Kier molecular flexibility index (Phi) is 3.77. The van der Waals surface area contributed by atoms with E-state index in [1.165, 1.54) is 0 Å². The highest BCUT2D eigenvalue weighted by atomic mass is 16.5. The molecule has 1 rings (SSSR count). The molecule has 0 bridgehead atoms. The van der Waals surface area contributed by atoms with Gasteiger partial charge in [0.2, 0.25) is 0 Å². The summed E-state index contributed by atoms with van der Waals surface area (Å²) in [6.07, 6.45) is 0.551. The third kappa shape index (κ3) is 2.64. The van der Waals surface area contributed by atoms with Gasteiger partial charge in [-0.05, 0) is 18.2 Å². The molecule has 4 nitrogen and oxygen atoms in total. The predicted molar refractivity (Wildman–Crippen MR) is 52.8 cm³/mol. The number of hydrogen-bond donors (Lipinski definition) is 2. The largest absolute Gasteiger partial charge is 0.492 e. The van der Waals surface area contributed by atoms with Crippen LogP contribution in [0.15, 0.2) is 18.2 Å². The molecular formula is C10H12N2O2. The van der Waals surface area contributed by atoms with E-state index in [1.807, 2.05) is 6.07 Å². The first-order valence-electron chi connectivity index (χ1n) is 4.31. The smallest absolute Gasteiger partial charge is 0.137 e. The third-order valence-electron chi connectivity index (χ3n) is 1.68. The Labute approximate surface area is 82.5 Å². The quantitative estimate of drug-likeness (QED) is 0.548. The van der Waals surface area contributed by atoms with Crippen LogP contribution in [0, 0.1) is 11.3 Å². The predicted octanol–water partition coefficient (Wildman–Crippen LogP) is 0.902. The molecule has 1 aromatic carbocycles. The van der Waals surface area contributed by atoms with Crippen LogP contribution >= 0.6 is 0 Å². The van der Waals surface area contributed by atoms with Crippen LogP contribution in [-0.2, 0) is 0 Å². The van der Waals surface area contributed by atoms with Crippen molar-refractivity contribution in [1.82, 2.24) is 0 Å². The highest BCUT2D eigenvalue weighted by Crippen LogP contribution is 2.20. The van der Waals surface area contributed by atoms with E-state index in [9.17, 15) is 0 Å². The first-order valence-corrected chi connectivity index (χ1v) is 4.31. The first kappa shape index (κ1) is 10.4. The fraction of sp³-hybridized carbons (Fsp3) is 0.300. The maximum absolute atomic E-state index is 8.76. The first-order chi connectivity index (χ1) is 6.77. The van der Waals surface area contributed by atoms with E-state index in [1.54, 1.807) is 18.2 Å². The zero-order valence-corrected chi connectivity index (χ0v) is 7.73. The zero-order valence-electron chi connectivity index (χ0n) is 7.73. The molecule has 14 heavy (non-hydrogen) atoms. The summed E-state index contributed by atoms with van der Waals surface area (Å²) in [5.41, 5.74) is 6.47. The molecule has 4 heteroatoms. The molecule has 3 N–H and O–H groups in total. The second-order valence-corrected chi connectivity index (χ2v) is 2.79. The molecule has 0 spiro atoms. The van der Waals surface area contributed by atoms with Crippen LogP contribution in [0.3, 0.4) is 0 Å². The van der Waals surface area contributed by atoms with Gasteiger partial charge in [0, 0.05) is 18.7 Å². The number of rotatable bonds is 4. The van der Waals surface area contributed by atoms with Crippen molar-refractivity contribution in [2.24, 2.45) is 0 Å². The number of nitrogens with two attached hydrogens (primary N) is 1. The van der Waals surface area contributed by atoms with Gasteiger partial charge in [0.15, 0.2) is 0 Å². The molecule has 0 aliphatic carbocycles. The number of nitrogens with zero attached hydrogens (tertiary/aromatic N) is 1. The molecule has 0 fully saturated rings. The molecule has 0 aliphatic rings. The van der Waals surface area contributed by atoms with Gasteiger partial charge in [-0.2, -0.15) is 5.26 Å². The maximum atomic E-state index is 8.76.